The zero-order valence-electron chi connectivity index (χ0n) is 11.7. The van der Waals surface area contributed by atoms with Crippen molar-refractivity contribution >= 4 is 11.9 Å². The van der Waals surface area contributed by atoms with Gasteiger partial charge >= 0.3 is 5.97 Å². The van der Waals surface area contributed by atoms with E-state index in [-0.39, 0.29) is 23.9 Å². The smallest absolute Gasteiger partial charge is 0.356 e. The van der Waals surface area contributed by atoms with Crippen molar-refractivity contribution in [2.75, 3.05) is 6.61 Å². The van der Waals surface area contributed by atoms with Crippen LogP contribution in [0.5, 0.6) is 0 Å². The third-order valence-corrected chi connectivity index (χ3v) is 2.76. The van der Waals surface area contributed by atoms with E-state index in [0.29, 0.717) is 6.54 Å². The van der Waals surface area contributed by atoms with Crippen molar-refractivity contribution in [3.8, 4) is 0 Å². The number of carbonyl (C=O) groups excluding carboxylic acids is 2. The van der Waals surface area contributed by atoms with Gasteiger partial charge in [0.1, 0.15) is 11.4 Å². The Labute approximate surface area is 123 Å². The van der Waals surface area contributed by atoms with E-state index in [2.05, 4.69) is 10.3 Å². The van der Waals surface area contributed by atoms with Crippen molar-refractivity contribution in [2.45, 2.75) is 13.5 Å². The summed E-state index contributed by atoms with van der Waals surface area (Å²) < 4.78 is 4.86. The van der Waals surface area contributed by atoms with Crippen LogP contribution < -0.4 is 5.32 Å². The van der Waals surface area contributed by atoms with Gasteiger partial charge in [0.05, 0.1) is 6.61 Å². The SMILES string of the molecule is CCOC(=O)c1cccc(C(=O)NCc2ccccc2)n1. The predicted octanol–water partition coefficient (Wildman–Crippen LogP) is 2.19. The summed E-state index contributed by atoms with van der Waals surface area (Å²) in [5.41, 5.74) is 1.31. The van der Waals surface area contributed by atoms with Crippen LogP contribution in [0.3, 0.4) is 0 Å². The van der Waals surface area contributed by atoms with Gasteiger partial charge in [0, 0.05) is 6.54 Å². The highest BCUT2D eigenvalue weighted by atomic mass is 16.5. The number of amides is 1. The molecule has 1 amide bonds. The second-order valence-corrected chi connectivity index (χ2v) is 4.30. The molecule has 0 atom stereocenters. The summed E-state index contributed by atoms with van der Waals surface area (Å²) in [7, 11) is 0. The fraction of sp³-hybridized carbons (Fsp3) is 0.188. The van der Waals surface area contributed by atoms with Crippen LogP contribution in [-0.2, 0) is 11.3 Å². The highest BCUT2D eigenvalue weighted by Gasteiger charge is 2.12. The van der Waals surface area contributed by atoms with Crippen molar-refractivity contribution in [1.29, 1.82) is 0 Å². The van der Waals surface area contributed by atoms with Gasteiger partial charge in [-0.1, -0.05) is 36.4 Å². The largest absolute Gasteiger partial charge is 0.461 e. The molecule has 1 aromatic heterocycles. The Bertz CT molecular complexity index is 626. The lowest BCUT2D eigenvalue weighted by molar-refractivity contribution is 0.0519. The monoisotopic (exact) mass is 284 g/mol. The number of carbonyl (C=O) groups is 2. The predicted molar refractivity (Wildman–Crippen MR) is 77.8 cm³/mol. The minimum Gasteiger partial charge on any atom is -0.461 e. The quantitative estimate of drug-likeness (QED) is 0.855. The Morgan fingerprint density at radius 1 is 1.05 bits per heavy atom. The van der Waals surface area contributed by atoms with Gasteiger partial charge in [-0.15, -0.1) is 0 Å². The second kappa shape index (κ2) is 7.19. The van der Waals surface area contributed by atoms with E-state index < -0.39 is 5.97 Å². The lowest BCUT2D eigenvalue weighted by atomic mass is 10.2. The van der Waals surface area contributed by atoms with Gasteiger partial charge in [0.2, 0.25) is 0 Å². The summed E-state index contributed by atoms with van der Waals surface area (Å²) in [4.78, 5) is 27.6. The lowest BCUT2D eigenvalue weighted by Gasteiger charge is -2.06. The molecule has 0 saturated carbocycles. The molecule has 2 aromatic rings. The molecule has 21 heavy (non-hydrogen) atoms. The minimum absolute atomic E-state index is 0.129. The molecule has 0 bridgehead atoms. The maximum Gasteiger partial charge on any atom is 0.356 e. The zero-order chi connectivity index (χ0) is 15.1. The molecule has 1 aromatic carbocycles. The van der Waals surface area contributed by atoms with Crippen molar-refractivity contribution in [3.63, 3.8) is 0 Å². The van der Waals surface area contributed by atoms with E-state index >= 15 is 0 Å². The maximum absolute atomic E-state index is 12.0. The van der Waals surface area contributed by atoms with Crippen molar-refractivity contribution in [1.82, 2.24) is 10.3 Å². The first-order valence-electron chi connectivity index (χ1n) is 6.67. The second-order valence-electron chi connectivity index (χ2n) is 4.30. The number of nitrogens with one attached hydrogen (secondary N) is 1. The third kappa shape index (κ3) is 4.14. The van der Waals surface area contributed by atoms with Gasteiger partial charge in [-0.2, -0.15) is 0 Å². The maximum atomic E-state index is 12.0. The number of nitrogens with zero attached hydrogens (tertiary/aromatic N) is 1. The molecule has 0 spiro atoms. The van der Waals surface area contributed by atoms with Crippen LogP contribution in [0.2, 0.25) is 0 Å². The van der Waals surface area contributed by atoms with E-state index in [1.54, 1.807) is 19.1 Å². The molecule has 0 unspecified atom stereocenters. The number of hydrogen-bond acceptors (Lipinski definition) is 4. The molecule has 0 aliphatic heterocycles. The standard InChI is InChI=1S/C16H16N2O3/c1-2-21-16(20)14-10-6-9-13(18-14)15(19)17-11-12-7-4-3-5-8-12/h3-10H,2,11H2,1H3,(H,17,19). The van der Waals surface area contributed by atoms with Crippen molar-refractivity contribution < 1.29 is 14.3 Å². The molecule has 5 heteroatoms. The number of rotatable bonds is 5. The number of hydrogen-bond donors (Lipinski definition) is 1. The number of benzene rings is 1. The van der Waals surface area contributed by atoms with Gasteiger partial charge in [0.25, 0.3) is 5.91 Å². The molecule has 108 valence electrons. The van der Waals surface area contributed by atoms with Crippen molar-refractivity contribution in [2.24, 2.45) is 0 Å². The first-order chi connectivity index (χ1) is 10.2. The van der Waals surface area contributed by atoms with Gasteiger partial charge in [-0.3, -0.25) is 4.79 Å². The van der Waals surface area contributed by atoms with Crippen LogP contribution in [0.1, 0.15) is 33.5 Å². The highest BCUT2D eigenvalue weighted by molar-refractivity contribution is 5.94. The minimum atomic E-state index is -0.532. The molecule has 0 aliphatic rings. The summed E-state index contributed by atoms with van der Waals surface area (Å²) in [6.45, 7) is 2.39. The Hall–Kier alpha value is -2.69. The summed E-state index contributed by atoms with van der Waals surface area (Å²) in [5, 5.41) is 2.76. The number of pyridine rings is 1. The first kappa shape index (κ1) is 14.7. The van der Waals surface area contributed by atoms with E-state index in [1.807, 2.05) is 30.3 Å². The number of ether oxygens (including phenoxy) is 1. The van der Waals surface area contributed by atoms with Crippen LogP contribution in [0.25, 0.3) is 0 Å². The summed E-state index contributed by atoms with van der Waals surface area (Å²) in [5.74, 6) is -0.861. The topological polar surface area (TPSA) is 68.3 Å². The fourth-order valence-corrected chi connectivity index (χ4v) is 1.75. The Balaban J connectivity index is 2.02. The van der Waals surface area contributed by atoms with Gasteiger partial charge < -0.3 is 10.1 Å². The lowest BCUT2D eigenvalue weighted by Crippen LogP contribution is -2.24. The third-order valence-electron chi connectivity index (χ3n) is 2.76. The summed E-state index contributed by atoms with van der Waals surface area (Å²) in [6.07, 6.45) is 0. The van der Waals surface area contributed by atoms with Crippen LogP contribution in [0, 0.1) is 0 Å². The number of aromatic nitrogens is 1. The summed E-state index contributed by atoms with van der Waals surface area (Å²) >= 11 is 0. The molecular weight excluding hydrogens is 268 g/mol. The zero-order valence-corrected chi connectivity index (χ0v) is 11.7. The highest BCUT2D eigenvalue weighted by Crippen LogP contribution is 2.03. The van der Waals surface area contributed by atoms with Gasteiger partial charge in [-0.25, -0.2) is 9.78 Å². The van der Waals surface area contributed by atoms with E-state index in [4.69, 9.17) is 4.74 Å². The molecular formula is C16H16N2O3. The Morgan fingerprint density at radius 2 is 1.76 bits per heavy atom. The molecule has 5 nitrogen and oxygen atoms in total. The Morgan fingerprint density at radius 3 is 2.48 bits per heavy atom. The van der Waals surface area contributed by atoms with Crippen LogP contribution in [-0.4, -0.2) is 23.5 Å². The fourth-order valence-electron chi connectivity index (χ4n) is 1.75. The van der Waals surface area contributed by atoms with Gasteiger partial charge in [0.15, 0.2) is 0 Å². The molecule has 1 N–H and O–H groups in total. The van der Waals surface area contributed by atoms with E-state index in [1.165, 1.54) is 6.07 Å². The molecule has 0 radical (unpaired) electrons. The first-order valence-corrected chi connectivity index (χ1v) is 6.67. The number of esters is 1. The summed E-state index contributed by atoms with van der Waals surface area (Å²) in [6, 6.07) is 14.2. The van der Waals surface area contributed by atoms with E-state index in [9.17, 15) is 9.59 Å². The average Bonchev–Trinajstić information content (AvgIpc) is 2.54. The van der Waals surface area contributed by atoms with E-state index in [0.717, 1.165) is 5.56 Å². The molecule has 0 saturated heterocycles. The van der Waals surface area contributed by atoms with Crippen LogP contribution in [0.4, 0.5) is 0 Å². The molecule has 0 fully saturated rings. The van der Waals surface area contributed by atoms with Crippen LogP contribution >= 0.6 is 0 Å². The van der Waals surface area contributed by atoms with Crippen molar-refractivity contribution in [3.05, 3.63) is 65.5 Å². The molecule has 0 aliphatic carbocycles. The molecule has 2 rings (SSSR count). The molecule has 1 heterocycles. The van der Waals surface area contributed by atoms with Gasteiger partial charge in [-0.05, 0) is 24.6 Å². The van der Waals surface area contributed by atoms with Crippen LogP contribution in [0.15, 0.2) is 48.5 Å². The average molecular weight is 284 g/mol. The normalized spacial score (nSPS) is 9.95. The Kier molecular flexibility index (Phi) is 5.04.